The van der Waals surface area contributed by atoms with Crippen molar-refractivity contribution in [3.05, 3.63) is 30.1 Å². The average molecular weight is 272 g/mol. The van der Waals surface area contributed by atoms with Crippen LogP contribution in [0.5, 0.6) is 0 Å². The van der Waals surface area contributed by atoms with E-state index >= 15 is 0 Å². The summed E-state index contributed by atoms with van der Waals surface area (Å²) in [7, 11) is 0. The summed E-state index contributed by atoms with van der Waals surface area (Å²) in [6.45, 7) is 0. The molecule has 2 aromatic rings. The molecular formula is C16H20N2O2. The maximum Gasteiger partial charge on any atom is 0.303 e. The molecule has 1 saturated carbocycles. The van der Waals surface area contributed by atoms with Crippen molar-refractivity contribution in [1.82, 2.24) is 9.55 Å². The lowest BCUT2D eigenvalue weighted by Gasteiger charge is -2.25. The van der Waals surface area contributed by atoms with Gasteiger partial charge in [-0.25, -0.2) is 4.98 Å². The fraction of sp³-hybridized carbons (Fsp3) is 0.500. The molecule has 1 aliphatic carbocycles. The topological polar surface area (TPSA) is 55.1 Å². The Bertz CT molecular complexity index is 612. The van der Waals surface area contributed by atoms with Crippen LogP contribution in [0.25, 0.3) is 11.0 Å². The highest BCUT2D eigenvalue weighted by Gasteiger charge is 2.21. The maximum atomic E-state index is 10.8. The van der Waals surface area contributed by atoms with Gasteiger partial charge in [-0.3, -0.25) is 4.79 Å². The molecule has 1 aromatic carbocycles. The first-order valence-corrected chi connectivity index (χ1v) is 7.43. The van der Waals surface area contributed by atoms with Crippen LogP contribution in [0.3, 0.4) is 0 Å². The minimum atomic E-state index is -0.757. The van der Waals surface area contributed by atoms with Gasteiger partial charge in [-0.1, -0.05) is 31.4 Å². The van der Waals surface area contributed by atoms with Gasteiger partial charge in [0.15, 0.2) is 0 Å². The van der Waals surface area contributed by atoms with Crippen molar-refractivity contribution < 1.29 is 9.90 Å². The molecular weight excluding hydrogens is 252 g/mol. The number of para-hydroxylation sites is 2. The second-order valence-electron chi connectivity index (χ2n) is 5.57. The lowest BCUT2D eigenvalue weighted by Crippen LogP contribution is -2.16. The number of carboxylic acids is 1. The molecule has 20 heavy (non-hydrogen) atoms. The minimum absolute atomic E-state index is 0.149. The predicted octanol–water partition coefficient (Wildman–Crippen LogP) is 3.56. The van der Waals surface area contributed by atoms with E-state index in [1.165, 1.54) is 32.1 Å². The van der Waals surface area contributed by atoms with Gasteiger partial charge in [0.2, 0.25) is 0 Å². The monoisotopic (exact) mass is 272 g/mol. The molecule has 0 amide bonds. The van der Waals surface area contributed by atoms with E-state index in [2.05, 4.69) is 15.6 Å². The van der Waals surface area contributed by atoms with Crippen LogP contribution in [0.2, 0.25) is 0 Å². The highest BCUT2D eigenvalue weighted by atomic mass is 16.4. The molecule has 0 unspecified atom stereocenters. The number of aliphatic carboxylic acids is 1. The maximum absolute atomic E-state index is 10.8. The number of hydrogen-bond acceptors (Lipinski definition) is 2. The Morgan fingerprint density at radius 1 is 1.25 bits per heavy atom. The number of carbonyl (C=O) groups is 1. The van der Waals surface area contributed by atoms with Crippen LogP contribution in [-0.4, -0.2) is 20.6 Å². The molecule has 1 aromatic heterocycles. The second-order valence-corrected chi connectivity index (χ2v) is 5.57. The molecule has 0 radical (unpaired) electrons. The van der Waals surface area contributed by atoms with E-state index in [0.29, 0.717) is 12.5 Å². The molecule has 106 valence electrons. The summed E-state index contributed by atoms with van der Waals surface area (Å²) >= 11 is 0. The quantitative estimate of drug-likeness (QED) is 0.925. The average Bonchev–Trinajstić information content (AvgIpc) is 2.84. The van der Waals surface area contributed by atoms with Crippen molar-refractivity contribution >= 4 is 17.0 Å². The van der Waals surface area contributed by atoms with Crippen LogP contribution in [0.15, 0.2) is 24.3 Å². The molecule has 0 aliphatic heterocycles. The van der Waals surface area contributed by atoms with Crippen LogP contribution >= 0.6 is 0 Å². The number of nitrogens with zero attached hydrogens (tertiary/aromatic N) is 2. The van der Waals surface area contributed by atoms with Crippen LogP contribution in [0.1, 0.15) is 50.4 Å². The zero-order valence-electron chi connectivity index (χ0n) is 11.6. The van der Waals surface area contributed by atoms with Gasteiger partial charge in [-0.15, -0.1) is 0 Å². The summed E-state index contributed by atoms with van der Waals surface area (Å²) in [4.78, 5) is 15.5. The number of imidazole rings is 1. The van der Waals surface area contributed by atoms with Crippen LogP contribution in [-0.2, 0) is 11.2 Å². The fourth-order valence-corrected chi connectivity index (χ4v) is 3.24. The predicted molar refractivity (Wildman–Crippen MR) is 77.8 cm³/mol. The number of carboxylic acid groups (broad SMARTS) is 1. The number of fused-ring (bicyclic) bond motifs is 1. The summed E-state index contributed by atoms with van der Waals surface area (Å²) in [5.74, 6) is 0.174. The lowest BCUT2D eigenvalue weighted by molar-refractivity contribution is -0.137. The van der Waals surface area contributed by atoms with Gasteiger partial charge < -0.3 is 9.67 Å². The van der Waals surface area contributed by atoms with Gasteiger partial charge in [-0.2, -0.15) is 0 Å². The third kappa shape index (κ3) is 2.55. The molecule has 0 spiro atoms. The first kappa shape index (κ1) is 13.2. The number of benzene rings is 1. The van der Waals surface area contributed by atoms with Gasteiger partial charge >= 0.3 is 5.97 Å². The Kier molecular flexibility index (Phi) is 3.72. The molecule has 1 aliphatic rings. The van der Waals surface area contributed by atoms with Crippen molar-refractivity contribution in [3.8, 4) is 0 Å². The highest BCUT2D eigenvalue weighted by Crippen LogP contribution is 2.32. The largest absolute Gasteiger partial charge is 0.481 e. The Labute approximate surface area is 118 Å². The highest BCUT2D eigenvalue weighted by molar-refractivity contribution is 5.76. The fourth-order valence-electron chi connectivity index (χ4n) is 3.24. The third-order valence-electron chi connectivity index (χ3n) is 4.17. The van der Waals surface area contributed by atoms with Crippen molar-refractivity contribution in [2.45, 2.75) is 51.0 Å². The van der Waals surface area contributed by atoms with E-state index < -0.39 is 5.97 Å². The van der Waals surface area contributed by atoms with E-state index in [1.54, 1.807) is 0 Å². The summed E-state index contributed by atoms with van der Waals surface area (Å²) < 4.78 is 2.30. The number of aromatic nitrogens is 2. The van der Waals surface area contributed by atoms with Crippen LogP contribution in [0, 0.1) is 0 Å². The van der Waals surface area contributed by atoms with Crippen molar-refractivity contribution in [3.63, 3.8) is 0 Å². The number of rotatable bonds is 4. The molecule has 0 atom stereocenters. The normalized spacial score (nSPS) is 16.6. The first-order valence-electron chi connectivity index (χ1n) is 7.43. The summed E-state index contributed by atoms with van der Waals surface area (Å²) in [6, 6.07) is 8.62. The molecule has 1 fully saturated rings. The lowest BCUT2D eigenvalue weighted by atomic mass is 9.95. The smallest absolute Gasteiger partial charge is 0.303 e. The molecule has 0 bridgehead atoms. The van der Waals surface area contributed by atoms with E-state index in [0.717, 1.165) is 16.9 Å². The Hall–Kier alpha value is -1.84. The molecule has 1 heterocycles. The summed E-state index contributed by atoms with van der Waals surface area (Å²) in [5.41, 5.74) is 2.14. The van der Waals surface area contributed by atoms with Crippen LogP contribution in [0.4, 0.5) is 0 Å². The molecule has 1 N–H and O–H groups in total. The van der Waals surface area contributed by atoms with Gasteiger partial charge in [0.25, 0.3) is 0 Å². The van der Waals surface area contributed by atoms with Crippen LogP contribution < -0.4 is 0 Å². The Morgan fingerprint density at radius 3 is 2.75 bits per heavy atom. The minimum Gasteiger partial charge on any atom is -0.481 e. The van der Waals surface area contributed by atoms with E-state index in [-0.39, 0.29) is 6.42 Å². The molecule has 4 heteroatoms. The number of aryl methyl sites for hydroxylation is 1. The van der Waals surface area contributed by atoms with E-state index in [9.17, 15) is 4.79 Å². The van der Waals surface area contributed by atoms with Gasteiger partial charge in [-0.05, 0) is 25.0 Å². The first-order chi connectivity index (χ1) is 9.75. The second kappa shape index (κ2) is 5.65. The molecule has 4 nitrogen and oxygen atoms in total. The number of hydrogen-bond donors (Lipinski definition) is 1. The third-order valence-corrected chi connectivity index (χ3v) is 4.17. The van der Waals surface area contributed by atoms with Gasteiger partial charge in [0.1, 0.15) is 5.82 Å². The molecule has 3 rings (SSSR count). The Morgan fingerprint density at radius 2 is 2.00 bits per heavy atom. The zero-order chi connectivity index (χ0) is 13.9. The zero-order valence-corrected chi connectivity index (χ0v) is 11.6. The standard InChI is InChI=1S/C16H20N2O2/c19-16(20)11-10-15-17-13-8-4-5-9-14(13)18(15)12-6-2-1-3-7-12/h4-5,8-9,12H,1-3,6-7,10-11H2,(H,19,20). The summed E-state index contributed by atoms with van der Waals surface area (Å²) in [5, 5.41) is 8.91. The van der Waals surface area contributed by atoms with Crippen molar-refractivity contribution in [1.29, 1.82) is 0 Å². The van der Waals surface area contributed by atoms with Gasteiger partial charge in [0, 0.05) is 12.5 Å². The van der Waals surface area contributed by atoms with E-state index in [4.69, 9.17) is 5.11 Å². The summed E-state index contributed by atoms with van der Waals surface area (Å²) in [6.07, 6.45) is 6.86. The Balaban J connectivity index is 2.00. The van der Waals surface area contributed by atoms with Gasteiger partial charge in [0.05, 0.1) is 17.5 Å². The van der Waals surface area contributed by atoms with Crippen molar-refractivity contribution in [2.75, 3.05) is 0 Å². The van der Waals surface area contributed by atoms with Crippen molar-refractivity contribution in [2.24, 2.45) is 0 Å². The van der Waals surface area contributed by atoms with E-state index in [1.807, 2.05) is 18.2 Å². The molecule has 0 saturated heterocycles. The SMILES string of the molecule is O=C(O)CCc1nc2ccccc2n1C1CCCCC1.